The van der Waals surface area contributed by atoms with Crippen molar-refractivity contribution in [3.8, 4) is 0 Å². The van der Waals surface area contributed by atoms with Crippen LogP contribution in [0.5, 0.6) is 0 Å². The fourth-order valence-corrected chi connectivity index (χ4v) is 0. The van der Waals surface area contributed by atoms with Gasteiger partial charge in [-0.15, -0.1) is 0 Å². The van der Waals surface area contributed by atoms with Gasteiger partial charge in [0, 0.05) is 6.10 Å². The topological polar surface area (TPSA) is 77.8 Å². The minimum absolute atomic E-state index is 0.167. The molecule has 0 heterocycles. The SMILES string of the molecule is CC(C)(C)O.CC(C)O.O=CO. The van der Waals surface area contributed by atoms with E-state index in [2.05, 4.69) is 0 Å². The quantitative estimate of drug-likeness (QED) is 0.483. The van der Waals surface area contributed by atoms with Gasteiger partial charge >= 0.3 is 0 Å². The molecule has 0 aliphatic carbocycles. The Morgan fingerprint density at radius 2 is 1.25 bits per heavy atom. The Bertz CT molecular complexity index is 74.8. The Balaban J connectivity index is -0.000000105. The molecule has 0 radical (unpaired) electrons. The van der Waals surface area contributed by atoms with Gasteiger partial charge in [0.15, 0.2) is 0 Å². The molecule has 0 aromatic heterocycles. The monoisotopic (exact) mass is 180 g/mol. The zero-order valence-corrected chi connectivity index (χ0v) is 8.40. The van der Waals surface area contributed by atoms with Crippen LogP contribution < -0.4 is 0 Å². The Labute approximate surface area is 73.8 Å². The van der Waals surface area contributed by atoms with Crippen LogP contribution in [0, 0.1) is 0 Å². The van der Waals surface area contributed by atoms with Gasteiger partial charge in [-0.1, -0.05) is 0 Å². The van der Waals surface area contributed by atoms with Crippen molar-refractivity contribution in [3.63, 3.8) is 0 Å². The number of carboxylic acid groups (broad SMARTS) is 1. The highest BCUT2D eigenvalue weighted by Crippen LogP contribution is 1.93. The predicted octanol–water partition coefficient (Wildman–Crippen LogP) is 0.865. The number of aliphatic hydroxyl groups excluding tert-OH is 1. The molecule has 0 aliphatic rings. The molecule has 76 valence electrons. The molecule has 0 aliphatic heterocycles. The van der Waals surface area contributed by atoms with Gasteiger partial charge in [0.2, 0.25) is 0 Å². The van der Waals surface area contributed by atoms with Gasteiger partial charge in [-0.05, 0) is 34.6 Å². The number of rotatable bonds is 0. The number of hydrogen-bond donors (Lipinski definition) is 3. The molecule has 4 heteroatoms. The summed E-state index contributed by atoms with van der Waals surface area (Å²) in [6, 6.07) is 0. The van der Waals surface area contributed by atoms with Gasteiger partial charge in [0.25, 0.3) is 6.47 Å². The molecule has 0 amide bonds. The highest BCUT2D eigenvalue weighted by atomic mass is 16.3. The third-order valence-corrected chi connectivity index (χ3v) is 0. The van der Waals surface area contributed by atoms with Gasteiger partial charge < -0.3 is 15.3 Å². The summed E-state index contributed by atoms with van der Waals surface area (Å²) in [7, 11) is 0. The molecule has 4 nitrogen and oxygen atoms in total. The molecular formula is C8H20O4. The molecule has 0 atom stereocenters. The molecule has 0 fully saturated rings. The largest absolute Gasteiger partial charge is 0.483 e. The van der Waals surface area contributed by atoms with Crippen LogP contribution in [0.15, 0.2) is 0 Å². The minimum atomic E-state index is -0.500. The van der Waals surface area contributed by atoms with Crippen LogP contribution >= 0.6 is 0 Å². The van der Waals surface area contributed by atoms with Crippen molar-refractivity contribution in [2.45, 2.75) is 46.3 Å². The van der Waals surface area contributed by atoms with Crippen molar-refractivity contribution in [2.75, 3.05) is 0 Å². The zero-order valence-electron chi connectivity index (χ0n) is 8.40. The van der Waals surface area contributed by atoms with Gasteiger partial charge in [0.05, 0.1) is 5.60 Å². The second kappa shape index (κ2) is 10.4. The third-order valence-electron chi connectivity index (χ3n) is 0. The summed E-state index contributed by atoms with van der Waals surface area (Å²) in [5.74, 6) is 0. The summed E-state index contributed by atoms with van der Waals surface area (Å²) in [5.41, 5.74) is -0.500. The van der Waals surface area contributed by atoms with Crippen LogP contribution in [0.25, 0.3) is 0 Å². The number of aliphatic hydroxyl groups is 2. The van der Waals surface area contributed by atoms with Crippen LogP contribution in [0.3, 0.4) is 0 Å². The first kappa shape index (κ1) is 17.5. The first-order chi connectivity index (χ1) is 5.15. The normalized spacial score (nSPS) is 9.00. The van der Waals surface area contributed by atoms with E-state index in [-0.39, 0.29) is 12.6 Å². The standard InChI is InChI=1S/C4H10O.C3H8O.CH2O2/c1-4(2,3)5;1-3(2)4;2-1-3/h5H,1-3H3;3-4H,1-2H3;1H,(H,2,3). The molecule has 0 saturated carbocycles. The van der Waals surface area contributed by atoms with Crippen LogP contribution in [0.2, 0.25) is 0 Å². The maximum absolute atomic E-state index is 8.52. The molecule has 0 unspecified atom stereocenters. The summed E-state index contributed by atoms with van der Waals surface area (Å²) in [6.07, 6.45) is -0.167. The van der Waals surface area contributed by atoms with E-state index < -0.39 is 5.60 Å². The lowest BCUT2D eigenvalue weighted by Gasteiger charge is -2.04. The molecule has 12 heavy (non-hydrogen) atoms. The van der Waals surface area contributed by atoms with E-state index in [1.807, 2.05) is 0 Å². The number of hydrogen-bond acceptors (Lipinski definition) is 3. The average Bonchev–Trinajstić information content (AvgIpc) is 1.56. The molecule has 0 bridgehead atoms. The zero-order chi connectivity index (χ0) is 10.8. The first-order valence-corrected chi connectivity index (χ1v) is 3.63. The van der Waals surface area contributed by atoms with E-state index in [9.17, 15) is 0 Å². The molecule has 0 rings (SSSR count). The first-order valence-electron chi connectivity index (χ1n) is 3.63. The fourth-order valence-electron chi connectivity index (χ4n) is 0. The fraction of sp³-hybridized carbons (Fsp3) is 0.875. The lowest BCUT2D eigenvalue weighted by Crippen LogP contribution is -2.10. The molecular weight excluding hydrogens is 160 g/mol. The van der Waals surface area contributed by atoms with Crippen molar-refractivity contribution in [2.24, 2.45) is 0 Å². The number of carbonyl (C=O) groups is 1. The van der Waals surface area contributed by atoms with E-state index in [4.69, 9.17) is 20.1 Å². The van der Waals surface area contributed by atoms with Gasteiger partial charge in [-0.2, -0.15) is 0 Å². The van der Waals surface area contributed by atoms with Crippen LogP contribution in [0.4, 0.5) is 0 Å². The molecule has 0 aromatic carbocycles. The summed E-state index contributed by atoms with van der Waals surface area (Å²) >= 11 is 0. The molecule has 0 saturated heterocycles. The Kier molecular flexibility index (Phi) is 15.1. The summed E-state index contributed by atoms with van der Waals surface area (Å²) in [5, 5.41) is 23.5. The summed E-state index contributed by atoms with van der Waals surface area (Å²) in [6.45, 7) is 8.42. The molecule has 0 aromatic rings. The minimum Gasteiger partial charge on any atom is -0.483 e. The van der Waals surface area contributed by atoms with E-state index >= 15 is 0 Å². The van der Waals surface area contributed by atoms with Crippen molar-refractivity contribution < 1.29 is 20.1 Å². The second-order valence-corrected chi connectivity index (χ2v) is 3.37. The predicted molar refractivity (Wildman–Crippen MR) is 48.0 cm³/mol. The van der Waals surface area contributed by atoms with Crippen LogP contribution in [0.1, 0.15) is 34.6 Å². The second-order valence-electron chi connectivity index (χ2n) is 3.37. The van der Waals surface area contributed by atoms with Gasteiger partial charge in [-0.25, -0.2) is 0 Å². The highest BCUT2D eigenvalue weighted by molar-refractivity contribution is 5.32. The van der Waals surface area contributed by atoms with Crippen molar-refractivity contribution in [3.05, 3.63) is 0 Å². The van der Waals surface area contributed by atoms with E-state index in [1.165, 1.54) is 0 Å². The van der Waals surface area contributed by atoms with Crippen molar-refractivity contribution >= 4 is 6.47 Å². The van der Waals surface area contributed by atoms with E-state index in [0.29, 0.717) is 0 Å². The smallest absolute Gasteiger partial charge is 0.290 e. The third kappa shape index (κ3) is 1780. The Morgan fingerprint density at radius 3 is 1.25 bits per heavy atom. The lowest BCUT2D eigenvalue weighted by molar-refractivity contribution is -0.122. The highest BCUT2D eigenvalue weighted by Gasteiger charge is 1.97. The van der Waals surface area contributed by atoms with Crippen LogP contribution in [-0.2, 0) is 4.79 Å². The van der Waals surface area contributed by atoms with Gasteiger partial charge in [0.1, 0.15) is 0 Å². The van der Waals surface area contributed by atoms with E-state index in [0.717, 1.165) is 0 Å². The van der Waals surface area contributed by atoms with Crippen LogP contribution in [-0.4, -0.2) is 33.5 Å². The molecule has 0 spiro atoms. The lowest BCUT2D eigenvalue weighted by atomic mass is 10.2. The Morgan fingerprint density at radius 1 is 1.25 bits per heavy atom. The van der Waals surface area contributed by atoms with E-state index in [1.54, 1.807) is 34.6 Å². The summed E-state index contributed by atoms with van der Waals surface area (Å²) in [4.78, 5) is 8.36. The van der Waals surface area contributed by atoms with Gasteiger partial charge in [-0.3, -0.25) is 4.79 Å². The maximum Gasteiger partial charge on any atom is 0.290 e. The molecule has 3 N–H and O–H groups in total. The van der Waals surface area contributed by atoms with Crippen molar-refractivity contribution in [1.29, 1.82) is 0 Å². The average molecular weight is 180 g/mol. The summed E-state index contributed by atoms with van der Waals surface area (Å²) < 4.78 is 0. The van der Waals surface area contributed by atoms with Crippen molar-refractivity contribution in [1.82, 2.24) is 0 Å². The Hall–Kier alpha value is -0.610. The maximum atomic E-state index is 8.52.